The number of aliphatic hydroxyl groups is 1. The van der Waals surface area contributed by atoms with Gasteiger partial charge in [0.15, 0.2) is 0 Å². The van der Waals surface area contributed by atoms with Gasteiger partial charge >= 0.3 is 0 Å². The molecule has 2 nitrogen and oxygen atoms in total. The minimum absolute atomic E-state index is 0.0716. The summed E-state index contributed by atoms with van der Waals surface area (Å²) < 4.78 is 0. The van der Waals surface area contributed by atoms with E-state index in [2.05, 4.69) is 18.9 Å². The molecule has 0 unspecified atom stereocenters. The zero-order chi connectivity index (χ0) is 12.3. The van der Waals surface area contributed by atoms with Gasteiger partial charge in [-0.05, 0) is 51.5 Å². The molecule has 0 saturated heterocycles. The first kappa shape index (κ1) is 13.4. The molecule has 0 aromatic carbocycles. The first-order valence-electron chi connectivity index (χ1n) is 7.62. The summed E-state index contributed by atoms with van der Waals surface area (Å²) in [6.07, 6.45) is 11.5. The van der Waals surface area contributed by atoms with Crippen molar-refractivity contribution in [3.8, 4) is 0 Å². The number of nitrogens with zero attached hydrogens (tertiary/aromatic N) is 1. The lowest BCUT2D eigenvalue weighted by atomic mass is 9.82. The fourth-order valence-electron chi connectivity index (χ4n) is 3.80. The lowest BCUT2D eigenvalue weighted by Gasteiger charge is -2.42. The topological polar surface area (TPSA) is 23.5 Å². The molecule has 17 heavy (non-hydrogen) atoms. The Bertz CT molecular complexity index is 223. The molecular formula is C15H29NO. The summed E-state index contributed by atoms with van der Waals surface area (Å²) >= 11 is 0. The lowest BCUT2D eigenvalue weighted by molar-refractivity contribution is 0.00157. The van der Waals surface area contributed by atoms with Crippen molar-refractivity contribution < 1.29 is 5.11 Å². The summed E-state index contributed by atoms with van der Waals surface area (Å²) in [5, 5.41) is 10.1. The molecule has 0 aliphatic heterocycles. The highest BCUT2D eigenvalue weighted by Gasteiger charge is 2.32. The molecule has 0 amide bonds. The highest BCUT2D eigenvalue weighted by molar-refractivity contribution is 4.87. The van der Waals surface area contributed by atoms with Gasteiger partial charge in [0.1, 0.15) is 0 Å². The maximum atomic E-state index is 10.1. The molecule has 0 heterocycles. The van der Waals surface area contributed by atoms with Crippen LogP contribution >= 0.6 is 0 Å². The number of aliphatic hydroxyl groups excluding tert-OH is 1. The zero-order valence-corrected chi connectivity index (χ0v) is 11.6. The smallest absolute Gasteiger partial charge is 0.0695 e. The van der Waals surface area contributed by atoms with Crippen molar-refractivity contribution in [3.05, 3.63) is 0 Å². The summed E-state index contributed by atoms with van der Waals surface area (Å²) in [6, 6.07) is 1.17. The second-order valence-corrected chi connectivity index (χ2v) is 6.17. The van der Waals surface area contributed by atoms with Crippen molar-refractivity contribution in [1.82, 2.24) is 4.90 Å². The van der Waals surface area contributed by atoms with Crippen LogP contribution in [0.4, 0.5) is 0 Å². The number of hydrogen-bond acceptors (Lipinski definition) is 2. The average molecular weight is 239 g/mol. The number of likely N-dealkylation sites (N-methyl/N-ethyl adjacent to an activating group) is 1. The van der Waals surface area contributed by atoms with Crippen molar-refractivity contribution in [2.75, 3.05) is 7.05 Å². The summed E-state index contributed by atoms with van der Waals surface area (Å²) in [6.45, 7) is 2.32. The van der Waals surface area contributed by atoms with Gasteiger partial charge < -0.3 is 5.11 Å². The van der Waals surface area contributed by atoms with Gasteiger partial charge in [-0.1, -0.05) is 26.2 Å². The normalized spacial score (nSPS) is 39.5. The quantitative estimate of drug-likeness (QED) is 0.817. The second-order valence-electron chi connectivity index (χ2n) is 6.17. The van der Waals surface area contributed by atoms with Crippen LogP contribution in [0.25, 0.3) is 0 Å². The second kappa shape index (κ2) is 6.19. The van der Waals surface area contributed by atoms with Gasteiger partial charge in [-0.15, -0.1) is 0 Å². The predicted molar refractivity (Wildman–Crippen MR) is 72.1 cm³/mol. The first-order valence-corrected chi connectivity index (χ1v) is 7.62. The summed E-state index contributed by atoms with van der Waals surface area (Å²) in [5.74, 6) is 0.968. The molecular weight excluding hydrogens is 210 g/mol. The Kier molecular flexibility index (Phi) is 4.87. The maximum Gasteiger partial charge on any atom is 0.0695 e. The highest BCUT2D eigenvalue weighted by atomic mass is 16.3. The molecule has 0 aromatic heterocycles. The minimum atomic E-state index is -0.0716. The molecule has 0 aromatic rings. The third kappa shape index (κ3) is 3.23. The Balaban J connectivity index is 1.85. The van der Waals surface area contributed by atoms with E-state index in [1.165, 1.54) is 51.4 Å². The Morgan fingerprint density at radius 3 is 2.24 bits per heavy atom. The van der Waals surface area contributed by atoms with Gasteiger partial charge in [-0.25, -0.2) is 0 Å². The van der Waals surface area contributed by atoms with E-state index in [-0.39, 0.29) is 6.10 Å². The highest BCUT2D eigenvalue weighted by Crippen LogP contribution is 2.32. The molecule has 0 bridgehead atoms. The summed E-state index contributed by atoms with van der Waals surface area (Å²) in [4.78, 5) is 2.51. The Hall–Kier alpha value is -0.0800. The molecule has 2 atom stereocenters. The fraction of sp³-hybridized carbons (Fsp3) is 1.00. The molecule has 2 fully saturated rings. The van der Waals surface area contributed by atoms with Crippen molar-refractivity contribution in [2.45, 2.75) is 82.9 Å². The van der Waals surface area contributed by atoms with E-state index in [9.17, 15) is 5.11 Å². The van der Waals surface area contributed by atoms with E-state index in [0.717, 1.165) is 18.4 Å². The molecule has 2 saturated carbocycles. The molecule has 2 aliphatic carbocycles. The van der Waals surface area contributed by atoms with Crippen LogP contribution in [0, 0.1) is 5.92 Å². The van der Waals surface area contributed by atoms with Crippen LogP contribution in [0.3, 0.4) is 0 Å². The van der Waals surface area contributed by atoms with Crippen molar-refractivity contribution in [1.29, 1.82) is 0 Å². The maximum absolute atomic E-state index is 10.1. The van der Waals surface area contributed by atoms with Crippen molar-refractivity contribution >= 4 is 0 Å². The monoisotopic (exact) mass is 239 g/mol. The van der Waals surface area contributed by atoms with E-state index in [0.29, 0.717) is 6.04 Å². The summed E-state index contributed by atoms with van der Waals surface area (Å²) in [7, 11) is 2.25. The largest absolute Gasteiger partial charge is 0.391 e. The third-order valence-electron chi connectivity index (χ3n) is 5.19. The molecule has 1 N–H and O–H groups in total. The van der Waals surface area contributed by atoms with Gasteiger partial charge in [0, 0.05) is 12.1 Å². The van der Waals surface area contributed by atoms with E-state index in [1.54, 1.807) is 0 Å². The van der Waals surface area contributed by atoms with Gasteiger partial charge in [-0.3, -0.25) is 4.90 Å². The van der Waals surface area contributed by atoms with E-state index in [4.69, 9.17) is 0 Å². The number of hydrogen-bond donors (Lipinski definition) is 1. The molecule has 2 heteroatoms. The van der Waals surface area contributed by atoms with Crippen LogP contribution in [-0.4, -0.2) is 35.2 Å². The van der Waals surface area contributed by atoms with E-state index < -0.39 is 0 Å². The zero-order valence-electron chi connectivity index (χ0n) is 11.6. The molecule has 0 radical (unpaired) electrons. The Morgan fingerprint density at radius 1 is 1.00 bits per heavy atom. The fourth-order valence-corrected chi connectivity index (χ4v) is 3.80. The van der Waals surface area contributed by atoms with Gasteiger partial charge in [0.05, 0.1) is 6.10 Å². The van der Waals surface area contributed by atoms with Crippen molar-refractivity contribution in [2.24, 2.45) is 5.92 Å². The van der Waals surface area contributed by atoms with Crippen LogP contribution in [0.1, 0.15) is 64.7 Å². The Labute approximate surface area is 106 Å². The summed E-state index contributed by atoms with van der Waals surface area (Å²) in [5.41, 5.74) is 0. The molecule has 0 spiro atoms. The average Bonchev–Trinajstić information content (AvgIpc) is 2.39. The Morgan fingerprint density at radius 2 is 1.65 bits per heavy atom. The standard InChI is InChI=1S/C15H29NO/c1-3-12-8-10-13(11-9-12)16(2)14-6-4-5-7-15(14)17/h12-15,17H,3-11H2,1-2H3/t12?,13?,14-,15-/m1/s1. The predicted octanol–water partition coefficient (Wildman–Crippen LogP) is 3.19. The van der Waals surface area contributed by atoms with E-state index in [1.807, 2.05) is 0 Å². The molecule has 2 rings (SSSR count). The SMILES string of the molecule is CCC1CCC(N(C)[C@@H]2CCCC[C@H]2O)CC1. The third-order valence-corrected chi connectivity index (χ3v) is 5.19. The van der Waals surface area contributed by atoms with Crippen molar-refractivity contribution in [3.63, 3.8) is 0 Å². The van der Waals surface area contributed by atoms with E-state index >= 15 is 0 Å². The minimum Gasteiger partial charge on any atom is -0.391 e. The van der Waals surface area contributed by atoms with Crippen LogP contribution in [0.5, 0.6) is 0 Å². The lowest BCUT2D eigenvalue weighted by Crippen LogP contribution is -2.49. The molecule has 2 aliphatic rings. The van der Waals surface area contributed by atoms with Gasteiger partial charge in [0.25, 0.3) is 0 Å². The van der Waals surface area contributed by atoms with Crippen LogP contribution < -0.4 is 0 Å². The van der Waals surface area contributed by atoms with Gasteiger partial charge in [0.2, 0.25) is 0 Å². The molecule has 100 valence electrons. The van der Waals surface area contributed by atoms with Gasteiger partial charge in [-0.2, -0.15) is 0 Å². The van der Waals surface area contributed by atoms with Crippen LogP contribution in [0.2, 0.25) is 0 Å². The number of rotatable bonds is 3. The first-order chi connectivity index (χ1) is 8.22. The van der Waals surface area contributed by atoms with Crippen LogP contribution in [-0.2, 0) is 0 Å². The van der Waals surface area contributed by atoms with Crippen LogP contribution in [0.15, 0.2) is 0 Å².